The van der Waals surface area contributed by atoms with Crippen molar-refractivity contribution in [2.24, 2.45) is 4.99 Å². The predicted molar refractivity (Wildman–Crippen MR) is 123 cm³/mol. The maximum Gasteiger partial charge on any atom is 0.248 e. The molecule has 1 heterocycles. The van der Waals surface area contributed by atoms with Crippen molar-refractivity contribution in [3.63, 3.8) is 0 Å². The Morgan fingerprint density at radius 1 is 1.03 bits per heavy atom. The van der Waals surface area contributed by atoms with Gasteiger partial charge in [-0.15, -0.1) is 0 Å². The van der Waals surface area contributed by atoms with Crippen LogP contribution in [0.1, 0.15) is 49.7 Å². The highest BCUT2D eigenvalue weighted by molar-refractivity contribution is 6.20. The van der Waals surface area contributed by atoms with Crippen molar-refractivity contribution in [3.8, 4) is 0 Å². The maximum atomic E-state index is 14.5. The molecule has 3 rings (SSSR count). The van der Waals surface area contributed by atoms with E-state index in [-0.39, 0.29) is 24.8 Å². The number of rotatable bonds is 9. The summed E-state index contributed by atoms with van der Waals surface area (Å²) in [7, 11) is 1.64. The molecular formula is C24H27FN4O4. The average Bonchev–Trinajstić information content (AvgIpc) is 2.93. The number of nitrogens with zero attached hydrogens (tertiary/aromatic N) is 2. The molecule has 0 unspecified atom stereocenters. The molecule has 0 saturated carbocycles. The second kappa shape index (κ2) is 11.3. The molecule has 2 aromatic carbocycles. The van der Waals surface area contributed by atoms with Crippen LogP contribution >= 0.6 is 0 Å². The number of benzodiazepines with no additional fused rings is 1. The average molecular weight is 455 g/mol. The maximum absolute atomic E-state index is 14.5. The molecule has 0 atom stereocenters. The Bertz CT molecular complexity index is 1070. The van der Waals surface area contributed by atoms with Crippen LogP contribution in [0.3, 0.4) is 0 Å². The summed E-state index contributed by atoms with van der Waals surface area (Å²) in [5.74, 6) is -1.23. The second-order valence-electron chi connectivity index (χ2n) is 7.83. The van der Waals surface area contributed by atoms with Gasteiger partial charge in [-0.2, -0.15) is 0 Å². The Hall–Kier alpha value is -3.59. The predicted octanol–water partition coefficient (Wildman–Crippen LogP) is 3.42. The zero-order valence-electron chi connectivity index (χ0n) is 18.4. The van der Waals surface area contributed by atoms with Gasteiger partial charge in [-0.05, 0) is 43.2 Å². The van der Waals surface area contributed by atoms with E-state index in [0.717, 1.165) is 12.8 Å². The molecule has 9 heteroatoms. The van der Waals surface area contributed by atoms with Gasteiger partial charge in [-0.25, -0.2) is 9.87 Å². The molecule has 3 N–H and O–H groups in total. The van der Waals surface area contributed by atoms with Gasteiger partial charge in [0.2, 0.25) is 17.7 Å². The first-order valence-corrected chi connectivity index (χ1v) is 10.8. The van der Waals surface area contributed by atoms with Crippen LogP contribution in [-0.2, 0) is 14.4 Å². The van der Waals surface area contributed by atoms with Crippen LogP contribution in [0.2, 0.25) is 0 Å². The Morgan fingerprint density at radius 2 is 1.73 bits per heavy atom. The van der Waals surface area contributed by atoms with Gasteiger partial charge in [0.25, 0.3) is 0 Å². The van der Waals surface area contributed by atoms with Gasteiger partial charge < -0.3 is 10.2 Å². The molecule has 1 aliphatic rings. The molecular weight excluding hydrogens is 427 g/mol. The van der Waals surface area contributed by atoms with Crippen LogP contribution < -0.4 is 15.7 Å². The highest BCUT2D eigenvalue weighted by atomic mass is 19.1. The number of likely N-dealkylation sites (N-methyl/N-ethyl adjacent to an activating group) is 1. The fourth-order valence-electron chi connectivity index (χ4n) is 3.66. The van der Waals surface area contributed by atoms with Crippen molar-refractivity contribution in [1.29, 1.82) is 0 Å². The summed E-state index contributed by atoms with van der Waals surface area (Å²) >= 11 is 0. The molecule has 174 valence electrons. The molecule has 8 nitrogen and oxygen atoms in total. The van der Waals surface area contributed by atoms with Crippen LogP contribution in [-0.4, -0.2) is 42.2 Å². The molecule has 3 amide bonds. The van der Waals surface area contributed by atoms with Crippen molar-refractivity contribution in [3.05, 3.63) is 59.4 Å². The lowest BCUT2D eigenvalue weighted by molar-refractivity contribution is -0.129. The minimum Gasteiger partial charge on any atom is -0.326 e. The number of halogens is 1. The number of anilines is 2. The second-order valence-corrected chi connectivity index (χ2v) is 7.83. The number of benzene rings is 2. The lowest BCUT2D eigenvalue weighted by atomic mass is 9.99. The first-order valence-electron chi connectivity index (χ1n) is 10.8. The Balaban J connectivity index is 1.70. The van der Waals surface area contributed by atoms with E-state index in [0.29, 0.717) is 47.5 Å². The molecule has 0 aliphatic carbocycles. The molecule has 0 saturated heterocycles. The van der Waals surface area contributed by atoms with E-state index in [1.165, 1.54) is 11.0 Å². The van der Waals surface area contributed by atoms with Crippen LogP contribution in [0.15, 0.2) is 47.5 Å². The highest BCUT2D eigenvalue weighted by Gasteiger charge is 2.24. The normalized spacial score (nSPS) is 13.1. The summed E-state index contributed by atoms with van der Waals surface area (Å²) < 4.78 is 14.5. The van der Waals surface area contributed by atoms with Gasteiger partial charge in [-0.3, -0.25) is 24.6 Å². The van der Waals surface area contributed by atoms with Crippen molar-refractivity contribution < 1.29 is 24.0 Å². The molecule has 0 spiro atoms. The van der Waals surface area contributed by atoms with E-state index in [4.69, 9.17) is 5.21 Å². The molecule has 1 aliphatic heterocycles. The van der Waals surface area contributed by atoms with Crippen LogP contribution in [0.4, 0.5) is 15.8 Å². The van der Waals surface area contributed by atoms with Crippen LogP contribution in [0, 0.1) is 5.82 Å². The summed E-state index contributed by atoms with van der Waals surface area (Å²) in [4.78, 5) is 41.6. The fraction of sp³-hybridized carbons (Fsp3) is 0.333. The molecule has 0 fully saturated rings. The van der Waals surface area contributed by atoms with Gasteiger partial charge >= 0.3 is 0 Å². The number of hydroxylamine groups is 1. The van der Waals surface area contributed by atoms with Crippen LogP contribution in [0.25, 0.3) is 0 Å². The summed E-state index contributed by atoms with van der Waals surface area (Å²) in [6.45, 7) is -0.101. The number of nitrogens with one attached hydrogen (secondary N) is 2. The van der Waals surface area contributed by atoms with Crippen molar-refractivity contribution >= 4 is 34.8 Å². The van der Waals surface area contributed by atoms with E-state index in [1.54, 1.807) is 48.9 Å². The minimum atomic E-state index is -0.440. The third-order valence-corrected chi connectivity index (χ3v) is 5.45. The topological polar surface area (TPSA) is 111 Å². The Morgan fingerprint density at radius 3 is 2.42 bits per heavy atom. The number of amides is 3. The largest absolute Gasteiger partial charge is 0.326 e. The van der Waals surface area contributed by atoms with E-state index in [9.17, 15) is 18.8 Å². The summed E-state index contributed by atoms with van der Waals surface area (Å²) in [5, 5.41) is 11.3. The lowest BCUT2D eigenvalue weighted by Gasteiger charge is -2.19. The molecule has 0 bridgehead atoms. The smallest absolute Gasteiger partial charge is 0.248 e. The number of hydrogen-bond donors (Lipinski definition) is 3. The van der Waals surface area contributed by atoms with Gasteiger partial charge in [0.1, 0.15) is 12.4 Å². The van der Waals surface area contributed by atoms with Gasteiger partial charge in [0, 0.05) is 36.7 Å². The third-order valence-electron chi connectivity index (χ3n) is 5.45. The summed E-state index contributed by atoms with van der Waals surface area (Å²) in [6.07, 6.45) is 3.44. The number of hydrogen-bond acceptors (Lipinski definition) is 5. The Labute approximate surface area is 191 Å². The van der Waals surface area contributed by atoms with Crippen LogP contribution in [0.5, 0.6) is 0 Å². The first-order chi connectivity index (χ1) is 15.9. The Kier molecular flexibility index (Phi) is 8.26. The van der Waals surface area contributed by atoms with E-state index < -0.39 is 11.7 Å². The van der Waals surface area contributed by atoms with Crippen molar-refractivity contribution in [1.82, 2.24) is 5.48 Å². The third kappa shape index (κ3) is 6.23. The first kappa shape index (κ1) is 24.1. The van der Waals surface area contributed by atoms with Gasteiger partial charge in [0.15, 0.2) is 0 Å². The fourth-order valence-corrected chi connectivity index (χ4v) is 3.66. The van der Waals surface area contributed by atoms with Gasteiger partial charge in [0.05, 0.1) is 11.4 Å². The molecule has 0 radical (unpaired) electrons. The number of fused-ring (bicyclic) bond motifs is 1. The van der Waals surface area contributed by atoms with E-state index in [1.807, 2.05) is 0 Å². The molecule has 2 aromatic rings. The summed E-state index contributed by atoms with van der Waals surface area (Å²) in [6, 6.07) is 11.4. The molecule has 33 heavy (non-hydrogen) atoms. The number of carbonyl (C=O) groups is 3. The number of carbonyl (C=O) groups excluding carboxylic acids is 3. The summed E-state index contributed by atoms with van der Waals surface area (Å²) in [5.41, 5.74) is 3.93. The lowest BCUT2D eigenvalue weighted by Crippen LogP contribution is -2.27. The van der Waals surface area contributed by atoms with E-state index in [2.05, 4.69) is 10.3 Å². The van der Waals surface area contributed by atoms with Crippen molar-refractivity contribution in [2.75, 3.05) is 23.8 Å². The number of aliphatic imine (C=N–C) groups is 1. The molecule has 0 aromatic heterocycles. The monoisotopic (exact) mass is 454 g/mol. The van der Waals surface area contributed by atoms with E-state index >= 15 is 0 Å². The zero-order valence-corrected chi connectivity index (χ0v) is 18.4. The SMILES string of the molecule is CN1C(=O)CN=C(c2ccccc2F)c2cc(NC(=O)CCCCCCC(=O)NO)ccc21. The van der Waals surface area contributed by atoms with Crippen molar-refractivity contribution in [2.45, 2.75) is 38.5 Å². The number of unbranched alkanes of at least 4 members (excludes halogenated alkanes) is 3. The quantitative estimate of drug-likeness (QED) is 0.306. The standard InChI is InChI=1S/C24H27FN4O4/c1-29-20-13-12-16(27-21(30)10-4-2-3-5-11-22(31)28-33)14-18(20)24(26-15-23(29)32)17-8-6-7-9-19(17)25/h6-9,12-14,33H,2-5,10-11,15H2,1H3,(H,27,30)(H,28,31). The zero-order chi connectivity index (χ0) is 23.8. The minimum absolute atomic E-state index is 0.101. The van der Waals surface area contributed by atoms with Gasteiger partial charge in [-0.1, -0.05) is 25.0 Å². The highest BCUT2D eigenvalue weighted by Crippen LogP contribution is 2.29.